The van der Waals surface area contributed by atoms with Gasteiger partial charge >= 0.3 is 0 Å². The molecule has 0 aliphatic carbocycles. The smallest absolute Gasteiger partial charge is 0.266 e. The quantitative estimate of drug-likeness (QED) is 0.785. The van der Waals surface area contributed by atoms with Crippen LogP contribution >= 0.6 is 23.2 Å². The van der Waals surface area contributed by atoms with Gasteiger partial charge in [-0.05, 0) is 6.42 Å². The first-order chi connectivity index (χ1) is 6.16. The maximum Gasteiger partial charge on any atom is 0.287 e. The van der Waals surface area contributed by atoms with E-state index in [0.29, 0.717) is 6.54 Å². The number of hydrogen-bond donors (Lipinski definition) is 0. The molecule has 0 amide bonds. The lowest BCUT2D eigenvalue weighted by molar-refractivity contribution is 0.543. The second-order valence-electron chi connectivity index (χ2n) is 2.69. The van der Waals surface area contributed by atoms with Crippen LogP contribution in [0.1, 0.15) is 19.8 Å². The van der Waals surface area contributed by atoms with Gasteiger partial charge in [0.1, 0.15) is 5.02 Å². The molecule has 0 radical (unpaired) electrons. The normalized spacial score (nSPS) is 10.4. The van der Waals surface area contributed by atoms with Crippen molar-refractivity contribution in [3.05, 3.63) is 26.6 Å². The van der Waals surface area contributed by atoms with E-state index in [1.54, 1.807) is 0 Å². The molecule has 0 saturated carbocycles. The van der Waals surface area contributed by atoms with E-state index in [-0.39, 0.29) is 15.6 Å². The third-order valence-electron chi connectivity index (χ3n) is 1.67. The highest BCUT2D eigenvalue weighted by Gasteiger charge is 2.05. The van der Waals surface area contributed by atoms with Crippen LogP contribution in [0.2, 0.25) is 10.0 Å². The molecule has 0 spiro atoms. The zero-order chi connectivity index (χ0) is 9.84. The molecule has 0 N–H and O–H groups in total. The van der Waals surface area contributed by atoms with Crippen molar-refractivity contribution >= 4 is 23.2 Å². The monoisotopic (exact) mass is 220 g/mol. The van der Waals surface area contributed by atoms with Gasteiger partial charge in [0.25, 0.3) is 5.56 Å². The Morgan fingerprint density at radius 2 is 2.23 bits per heavy atom. The Morgan fingerprint density at radius 1 is 1.54 bits per heavy atom. The van der Waals surface area contributed by atoms with Gasteiger partial charge in [-0.25, -0.2) is 4.68 Å². The first kappa shape index (κ1) is 10.5. The minimum absolute atomic E-state index is 0.0489. The molecule has 0 aliphatic heterocycles. The van der Waals surface area contributed by atoms with Crippen LogP contribution < -0.4 is 5.56 Å². The predicted molar refractivity (Wildman–Crippen MR) is 53.4 cm³/mol. The molecule has 0 bridgehead atoms. The first-order valence-electron chi connectivity index (χ1n) is 4.08. The van der Waals surface area contributed by atoms with Crippen molar-refractivity contribution < 1.29 is 0 Å². The number of hydrogen-bond acceptors (Lipinski definition) is 2. The maximum absolute atomic E-state index is 11.4. The van der Waals surface area contributed by atoms with Crippen molar-refractivity contribution in [1.82, 2.24) is 9.78 Å². The summed E-state index contributed by atoms with van der Waals surface area (Å²) in [5, 5.41) is 4.12. The van der Waals surface area contributed by atoms with E-state index in [0.717, 1.165) is 12.8 Å². The number of nitrogens with zero attached hydrogens (tertiary/aromatic N) is 2. The number of rotatable bonds is 3. The van der Waals surface area contributed by atoms with Crippen molar-refractivity contribution in [2.24, 2.45) is 0 Å². The Morgan fingerprint density at radius 3 is 2.85 bits per heavy atom. The third kappa shape index (κ3) is 2.45. The van der Waals surface area contributed by atoms with Crippen molar-refractivity contribution in [2.75, 3.05) is 0 Å². The Kier molecular flexibility index (Phi) is 3.75. The van der Waals surface area contributed by atoms with Gasteiger partial charge in [-0.3, -0.25) is 4.79 Å². The van der Waals surface area contributed by atoms with E-state index in [1.165, 1.54) is 10.9 Å². The summed E-state index contributed by atoms with van der Waals surface area (Å²) in [5.74, 6) is 0. The molecule has 13 heavy (non-hydrogen) atoms. The SMILES string of the molecule is CCCCn1ncc(Cl)c(Cl)c1=O. The second-order valence-corrected chi connectivity index (χ2v) is 3.47. The van der Waals surface area contributed by atoms with E-state index in [4.69, 9.17) is 23.2 Å². The topological polar surface area (TPSA) is 34.9 Å². The molecule has 0 saturated heterocycles. The Balaban J connectivity index is 2.97. The van der Waals surface area contributed by atoms with Crippen LogP contribution in [0, 0.1) is 0 Å². The molecule has 0 fully saturated rings. The summed E-state index contributed by atoms with van der Waals surface area (Å²) < 4.78 is 1.33. The molecule has 0 unspecified atom stereocenters. The fraction of sp³-hybridized carbons (Fsp3) is 0.500. The lowest BCUT2D eigenvalue weighted by Gasteiger charge is -2.03. The van der Waals surface area contributed by atoms with Gasteiger partial charge in [0.05, 0.1) is 11.2 Å². The molecule has 0 aromatic carbocycles. The lowest BCUT2D eigenvalue weighted by atomic mass is 10.3. The minimum atomic E-state index is -0.317. The molecule has 1 aromatic rings. The van der Waals surface area contributed by atoms with Crippen LogP contribution in [0.3, 0.4) is 0 Å². The third-order valence-corrected chi connectivity index (χ3v) is 2.41. The van der Waals surface area contributed by atoms with Crippen LogP contribution in [-0.4, -0.2) is 9.78 Å². The van der Waals surface area contributed by atoms with Crippen LogP contribution in [0.15, 0.2) is 11.0 Å². The number of aromatic nitrogens is 2. The molecule has 72 valence electrons. The molecule has 0 atom stereocenters. The van der Waals surface area contributed by atoms with Crippen molar-refractivity contribution in [2.45, 2.75) is 26.3 Å². The fourth-order valence-electron chi connectivity index (χ4n) is 0.912. The van der Waals surface area contributed by atoms with Gasteiger partial charge in [-0.1, -0.05) is 36.5 Å². The number of halogens is 2. The molecular formula is C8H10Cl2N2O. The molecular weight excluding hydrogens is 211 g/mol. The van der Waals surface area contributed by atoms with E-state index < -0.39 is 0 Å². The number of aryl methyl sites for hydroxylation is 1. The molecule has 3 nitrogen and oxygen atoms in total. The zero-order valence-electron chi connectivity index (χ0n) is 7.26. The summed E-state index contributed by atoms with van der Waals surface area (Å²) in [6.45, 7) is 2.63. The lowest BCUT2D eigenvalue weighted by Crippen LogP contribution is -2.23. The highest BCUT2D eigenvalue weighted by atomic mass is 35.5. The predicted octanol–water partition coefficient (Wildman–Crippen LogP) is 2.35. The number of unbranched alkanes of at least 4 members (excludes halogenated alkanes) is 1. The van der Waals surface area contributed by atoms with Crippen LogP contribution in [-0.2, 0) is 6.54 Å². The average molecular weight is 221 g/mol. The highest BCUT2D eigenvalue weighted by molar-refractivity contribution is 6.41. The maximum atomic E-state index is 11.4. The Labute approximate surface area is 86.3 Å². The summed E-state index contributed by atoms with van der Waals surface area (Å²) in [4.78, 5) is 11.4. The van der Waals surface area contributed by atoms with Gasteiger partial charge < -0.3 is 0 Å². The van der Waals surface area contributed by atoms with Crippen molar-refractivity contribution in [3.8, 4) is 0 Å². The van der Waals surface area contributed by atoms with Crippen LogP contribution in [0.5, 0.6) is 0 Å². The summed E-state index contributed by atoms with van der Waals surface area (Å²) in [6, 6.07) is 0. The van der Waals surface area contributed by atoms with Crippen molar-refractivity contribution in [1.29, 1.82) is 0 Å². The first-order valence-corrected chi connectivity index (χ1v) is 4.83. The molecule has 1 rings (SSSR count). The molecule has 0 aliphatic rings. The van der Waals surface area contributed by atoms with Crippen molar-refractivity contribution in [3.63, 3.8) is 0 Å². The van der Waals surface area contributed by atoms with Gasteiger partial charge in [0.15, 0.2) is 0 Å². The minimum Gasteiger partial charge on any atom is -0.266 e. The van der Waals surface area contributed by atoms with E-state index in [1.807, 2.05) is 6.92 Å². The van der Waals surface area contributed by atoms with E-state index in [9.17, 15) is 4.79 Å². The van der Waals surface area contributed by atoms with Gasteiger partial charge in [-0.15, -0.1) is 0 Å². The molecule has 1 heterocycles. The summed E-state index contributed by atoms with van der Waals surface area (Å²) in [7, 11) is 0. The van der Waals surface area contributed by atoms with Crippen LogP contribution in [0.25, 0.3) is 0 Å². The van der Waals surface area contributed by atoms with E-state index in [2.05, 4.69) is 5.10 Å². The molecule has 1 aromatic heterocycles. The van der Waals surface area contributed by atoms with Gasteiger partial charge in [-0.2, -0.15) is 5.10 Å². The van der Waals surface area contributed by atoms with Gasteiger partial charge in [0.2, 0.25) is 0 Å². The van der Waals surface area contributed by atoms with Gasteiger partial charge in [0, 0.05) is 6.54 Å². The van der Waals surface area contributed by atoms with Crippen LogP contribution in [0.4, 0.5) is 0 Å². The Hall–Kier alpha value is -0.540. The summed E-state index contributed by atoms with van der Waals surface area (Å²) in [6.07, 6.45) is 3.31. The highest BCUT2D eigenvalue weighted by Crippen LogP contribution is 2.14. The second kappa shape index (κ2) is 4.63. The fourth-order valence-corrected chi connectivity index (χ4v) is 1.18. The average Bonchev–Trinajstić information content (AvgIpc) is 2.13. The summed E-state index contributed by atoms with van der Waals surface area (Å²) >= 11 is 11.3. The standard InChI is InChI=1S/C8H10Cl2N2O/c1-2-3-4-12-8(13)7(10)6(9)5-11-12/h5H,2-4H2,1H3. The molecule has 5 heteroatoms. The van der Waals surface area contributed by atoms with E-state index >= 15 is 0 Å². The summed E-state index contributed by atoms with van der Waals surface area (Å²) in [5.41, 5.74) is -0.317. The largest absolute Gasteiger partial charge is 0.287 e. The zero-order valence-corrected chi connectivity index (χ0v) is 8.77. The Bertz CT molecular complexity index is 348.